The zero-order chi connectivity index (χ0) is 24.2. The lowest BCUT2D eigenvalue weighted by molar-refractivity contribution is -0.140. The maximum atomic E-state index is 12.8. The van der Waals surface area contributed by atoms with Crippen molar-refractivity contribution in [3.63, 3.8) is 0 Å². The van der Waals surface area contributed by atoms with Gasteiger partial charge in [-0.2, -0.15) is 5.10 Å². The van der Waals surface area contributed by atoms with E-state index in [1.54, 1.807) is 29.1 Å². The SMILES string of the molecule is CCOC(=O)CNc1c(-c2cn(-c3ccc(Br)cc3)nc2C(=O)OCC)nc2ccc(Br)cn12. The third-order valence-corrected chi connectivity index (χ3v) is 5.81. The van der Waals surface area contributed by atoms with Crippen LogP contribution in [-0.4, -0.2) is 50.9 Å². The lowest BCUT2D eigenvalue weighted by atomic mass is 10.2. The molecule has 1 aromatic carbocycles. The van der Waals surface area contributed by atoms with Gasteiger partial charge >= 0.3 is 11.9 Å². The number of esters is 2. The number of nitrogens with one attached hydrogen (secondary N) is 1. The molecule has 9 nitrogen and oxygen atoms in total. The maximum absolute atomic E-state index is 12.8. The number of benzene rings is 1. The summed E-state index contributed by atoms with van der Waals surface area (Å²) in [5.41, 5.74) is 2.41. The van der Waals surface area contributed by atoms with Gasteiger partial charge in [-0.3, -0.25) is 9.20 Å². The molecule has 3 heterocycles. The van der Waals surface area contributed by atoms with E-state index in [2.05, 4.69) is 42.3 Å². The van der Waals surface area contributed by atoms with Crippen molar-refractivity contribution in [3.05, 3.63) is 63.4 Å². The van der Waals surface area contributed by atoms with Crippen molar-refractivity contribution < 1.29 is 19.1 Å². The molecule has 1 N–H and O–H groups in total. The van der Waals surface area contributed by atoms with E-state index in [0.717, 1.165) is 14.6 Å². The molecule has 0 radical (unpaired) electrons. The molecule has 0 unspecified atom stereocenters. The van der Waals surface area contributed by atoms with E-state index < -0.39 is 11.9 Å². The van der Waals surface area contributed by atoms with E-state index in [-0.39, 0.29) is 25.5 Å². The molecule has 0 aliphatic rings. The molecule has 0 amide bonds. The van der Waals surface area contributed by atoms with Crippen molar-refractivity contribution in [2.45, 2.75) is 13.8 Å². The highest BCUT2D eigenvalue weighted by Crippen LogP contribution is 2.33. The molecule has 0 saturated heterocycles. The van der Waals surface area contributed by atoms with Crippen LogP contribution in [0.4, 0.5) is 5.82 Å². The number of nitrogens with zero attached hydrogens (tertiary/aromatic N) is 4. The molecule has 11 heteroatoms. The number of pyridine rings is 1. The van der Waals surface area contributed by atoms with Gasteiger partial charge in [-0.05, 0) is 66.2 Å². The highest BCUT2D eigenvalue weighted by Gasteiger charge is 2.26. The molecule has 0 atom stereocenters. The minimum atomic E-state index is -0.567. The van der Waals surface area contributed by atoms with Gasteiger partial charge in [-0.1, -0.05) is 15.9 Å². The van der Waals surface area contributed by atoms with Gasteiger partial charge in [0.1, 0.15) is 23.7 Å². The molecule has 0 aliphatic heterocycles. The summed E-state index contributed by atoms with van der Waals surface area (Å²) in [5.74, 6) is -0.456. The number of hydrogen-bond acceptors (Lipinski definition) is 7. The van der Waals surface area contributed by atoms with Crippen LogP contribution in [-0.2, 0) is 14.3 Å². The number of rotatable bonds is 8. The highest BCUT2D eigenvalue weighted by atomic mass is 79.9. The first-order valence-electron chi connectivity index (χ1n) is 10.5. The van der Waals surface area contributed by atoms with Gasteiger partial charge < -0.3 is 14.8 Å². The number of aromatic nitrogens is 4. The molecule has 4 aromatic rings. The van der Waals surface area contributed by atoms with Crippen LogP contribution in [0.5, 0.6) is 0 Å². The summed E-state index contributed by atoms with van der Waals surface area (Å²) >= 11 is 6.90. The van der Waals surface area contributed by atoms with Gasteiger partial charge in [0.2, 0.25) is 0 Å². The number of carbonyl (C=O) groups excluding carboxylic acids is 2. The first-order chi connectivity index (χ1) is 16.4. The van der Waals surface area contributed by atoms with Gasteiger partial charge in [0.05, 0.1) is 24.5 Å². The third-order valence-electron chi connectivity index (χ3n) is 4.82. The summed E-state index contributed by atoms with van der Waals surface area (Å²) in [5, 5.41) is 7.62. The first kappa shape index (κ1) is 24.0. The van der Waals surface area contributed by atoms with Crippen molar-refractivity contribution in [1.82, 2.24) is 19.2 Å². The Bertz CT molecular complexity index is 1350. The van der Waals surface area contributed by atoms with E-state index in [1.165, 1.54) is 0 Å². The summed E-state index contributed by atoms with van der Waals surface area (Å²) in [6.07, 6.45) is 3.55. The topological polar surface area (TPSA) is 99.8 Å². The van der Waals surface area contributed by atoms with E-state index in [1.807, 2.05) is 42.6 Å². The Labute approximate surface area is 212 Å². The van der Waals surface area contributed by atoms with Crippen molar-refractivity contribution in [2.75, 3.05) is 25.1 Å². The summed E-state index contributed by atoms with van der Waals surface area (Å²) in [6.45, 7) is 3.89. The summed E-state index contributed by atoms with van der Waals surface area (Å²) in [6, 6.07) is 11.2. The molecule has 3 aromatic heterocycles. The van der Waals surface area contributed by atoms with Crippen LogP contribution in [0, 0.1) is 0 Å². The van der Waals surface area contributed by atoms with Crippen LogP contribution in [0.15, 0.2) is 57.7 Å². The Morgan fingerprint density at radius 3 is 2.38 bits per heavy atom. The van der Waals surface area contributed by atoms with Crippen LogP contribution >= 0.6 is 31.9 Å². The van der Waals surface area contributed by atoms with E-state index in [0.29, 0.717) is 22.7 Å². The Morgan fingerprint density at radius 1 is 0.971 bits per heavy atom. The monoisotopic (exact) mass is 589 g/mol. The van der Waals surface area contributed by atoms with Crippen LogP contribution < -0.4 is 5.32 Å². The Balaban J connectivity index is 1.87. The molecule has 0 fully saturated rings. The van der Waals surface area contributed by atoms with Gasteiger partial charge in [0.15, 0.2) is 5.69 Å². The van der Waals surface area contributed by atoms with Crippen LogP contribution in [0.1, 0.15) is 24.3 Å². The second-order valence-electron chi connectivity index (χ2n) is 7.08. The molecule has 176 valence electrons. The molecule has 0 saturated carbocycles. The lowest BCUT2D eigenvalue weighted by Gasteiger charge is -2.08. The highest BCUT2D eigenvalue weighted by molar-refractivity contribution is 9.10. The van der Waals surface area contributed by atoms with Crippen LogP contribution in [0.3, 0.4) is 0 Å². The molecular formula is C23H21Br2N5O4. The summed E-state index contributed by atoms with van der Waals surface area (Å²) < 4.78 is 15.5. The summed E-state index contributed by atoms with van der Waals surface area (Å²) in [4.78, 5) is 29.6. The second kappa shape index (κ2) is 10.4. The molecule has 0 bridgehead atoms. The predicted octanol–water partition coefficient (Wildman–Crippen LogP) is 4.86. The number of carbonyl (C=O) groups is 2. The number of fused-ring (bicyclic) bond motifs is 1. The predicted molar refractivity (Wildman–Crippen MR) is 134 cm³/mol. The maximum Gasteiger partial charge on any atom is 0.359 e. The number of imidazole rings is 1. The Morgan fingerprint density at radius 2 is 1.68 bits per heavy atom. The standard InChI is InChI=1S/C23H21Br2N5O4/c1-3-33-19(31)11-26-22-20(27-18-10-7-15(25)12-29(18)22)17-13-30(16-8-5-14(24)6-9-16)28-21(17)23(32)34-4-2/h5-10,12-13,26H,3-4,11H2,1-2H3. The third kappa shape index (κ3) is 5.00. The summed E-state index contributed by atoms with van der Waals surface area (Å²) in [7, 11) is 0. The lowest BCUT2D eigenvalue weighted by Crippen LogP contribution is -2.18. The number of anilines is 1. The van der Waals surface area contributed by atoms with Crippen molar-refractivity contribution in [1.29, 1.82) is 0 Å². The Kier molecular flexibility index (Phi) is 7.32. The van der Waals surface area contributed by atoms with Gasteiger partial charge in [0, 0.05) is 21.3 Å². The number of hydrogen-bond donors (Lipinski definition) is 1. The number of ether oxygens (including phenoxy) is 2. The molecule has 4 rings (SSSR count). The fourth-order valence-corrected chi connectivity index (χ4v) is 3.97. The van der Waals surface area contributed by atoms with Crippen LogP contribution in [0.2, 0.25) is 0 Å². The minimum absolute atomic E-state index is 0.0727. The van der Waals surface area contributed by atoms with E-state index >= 15 is 0 Å². The zero-order valence-electron chi connectivity index (χ0n) is 18.4. The van der Waals surface area contributed by atoms with Crippen molar-refractivity contribution in [2.24, 2.45) is 0 Å². The van der Waals surface area contributed by atoms with Gasteiger partial charge in [-0.25, -0.2) is 14.5 Å². The van der Waals surface area contributed by atoms with Gasteiger partial charge in [0.25, 0.3) is 0 Å². The fourth-order valence-electron chi connectivity index (χ4n) is 3.37. The smallest absolute Gasteiger partial charge is 0.359 e. The molecular weight excluding hydrogens is 570 g/mol. The van der Waals surface area contributed by atoms with Gasteiger partial charge in [-0.15, -0.1) is 0 Å². The number of halogens is 2. The second-order valence-corrected chi connectivity index (χ2v) is 8.91. The first-order valence-corrected chi connectivity index (χ1v) is 12.1. The average Bonchev–Trinajstić information content (AvgIpc) is 3.40. The quantitative estimate of drug-likeness (QED) is 0.292. The normalized spacial score (nSPS) is 10.9. The zero-order valence-corrected chi connectivity index (χ0v) is 21.6. The minimum Gasteiger partial charge on any atom is -0.465 e. The average molecular weight is 591 g/mol. The van der Waals surface area contributed by atoms with E-state index in [4.69, 9.17) is 14.5 Å². The largest absolute Gasteiger partial charge is 0.465 e. The Hall–Kier alpha value is -3.18. The molecule has 0 aliphatic carbocycles. The van der Waals surface area contributed by atoms with E-state index in [9.17, 15) is 9.59 Å². The molecule has 0 spiro atoms. The van der Waals surface area contributed by atoms with Crippen LogP contribution in [0.25, 0.3) is 22.6 Å². The molecule has 34 heavy (non-hydrogen) atoms. The van der Waals surface area contributed by atoms with Crippen molar-refractivity contribution in [3.8, 4) is 16.9 Å². The van der Waals surface area contributed by atoms with Crippen molar-refractivity contribution >= 4 is 55.3 Å². The fraction of sp³-hybridized carbons (Fsp3) is 0.217.